The van der Waals surface area contributed by atoms with Crippen LogP contribution in [0.1, 0.15) is 19.3 Å². The highest BCUT2D eigenvalue weighted by atomic mass is 35.5. The molecule has 0 amide bonds. The van der Waals surface area contributed by atoms with Gasteiger partial charge in [-0.25, -0.2) is 4.39 Å². The molecule has 3 rings (SSSR count). The Bertz CT molecular complexity index is 583. The average Bonchev–Trinajstić information content (AvgIpc) is 2.57. The lowest BCUT2D eigenvalue weighted by atomic mass is 10.1. The molecule has 23 heavy (non-hydrogen) atoms. The van der Waals surface area contributed by atoms with Crippen LogP contribution in [-0.2, 0) is 0 Å². The summed E-state index contributed by atoms with van der Waals surface area (Å²) in [6.45, 7) is 1.77. The summed E-state index contributed by atoms with van der Waals surface area (Å²) in [5.41, 5.74) is 0. The molecule has 0 saturated carbocycles. The first-order valence-electron chi connectivity index (χ1n) is 7.69. The van der Waals surface area contributed by atoms with E-state index in [9.17, 15) is 4.39 Å². The smallest absolute Gasteiger partial charge is 0.127 e. The molecule has 1 aliphatic heterocycles. The molecule has 2 aromatic carbocycles. The Morgan fingerprint density at radius 2 is 1.52 bits per heavy atom. The number of benzene rings is 2. The molecule has 1 aliphatic rings. The molecule has 124 valence electrons. The van der Waals surface area contributed by atoms with Crippen molar-refractivity contribution in [3.63, 3.8) is 0 Å². The third-order valence-electron chi connectivity index (χ3n) is 3.74. The summed E-state index contributed by atoms with van der Waals surface area (Å²) >= 11 is 0. The second kappa shape index (κ2) is 8.75. The number of rotatable bonds is 5. The number of ether oxygens (including phenoxy) is 2. The van der Waals surface area contributed by atoms with Crippen LogP contribution in [0.25, 0.3) is 0 Å². The molecular weight excluding hydrogens is 317 g/mol. The van der Waals surface area contributed by atoms with E-state index in [0.717, 1.165) is 12.3 Å². The van der Waals surface area contributed by atoms with E-state index in [0.29, 0.717) is 24.1 Å². The summed E-state index contributed by atoms with van der Waals surface area (Å²) in [6, 6.07) is 13.9. The Kier molecular flexibility index (Phi) is 6.68. The summed E-state index contributed by atoms with van der Waals surface area (Å²) in [5, 5.41) is 3.46. The highest BCUT2D eigenvalue weighted by molar-refractivity contribution is 5.85. The Morgan fingerprint density at radius 1 is 0.913 bits per heavy atom. The monoisotopic (exact) mass is 337 g/mol. The van der Waals surface area contributed by atoms with Crippen LogP contribution >= 0.6 is 12.4 Å². The van der Waals surface area contributed by atoms with Gasteiger partial charge in [0.25, 0.3) is 0 Å². The summed E-state index contributed by atoms with van der Waals surface area (Å²) in [7, 11) is 0. The van der Waals surface area contributed by atoms with Crippen LogP contribution in [0.5, 0.6) is 17.2 Å². The third-order valence-corrected chi connectivity index (χ3v) is 3.74. The quantitative estimate of drug-likeness (QED) is 0.867. The SMILES string of the molecule is Cl.Fc1ccc(Oc2ccc(OCC3CCCCN3)cc2)cc1. The molecular formula is C18H21ClFNO2. The zero-order chi connectivity index (χ0) is 15.2. The second-order valence-corrected chi connectivity index (χ2v) is 5.49. The molecule has 3 nitrogen and oxygen atoms in total. The summed E-state index contributed by atoms with van der Waals surface area (Å²) in [4.78, 5) is 0. The molecule has 1 saturated heterocycles. The molecule has 2 aromatic rings. The second-order valence-electron chi connectivity index (χ2n) is 5.49. The van der Waals surface area contributed by atoms with Crippen molar-refractivity contribution >= 4 is 12.4 Å². The molecule has 0 bridgehead atoms. The van der Waals surface area contributed by atoms with Crippen molar-refractivity contribution in [3.8, 4) is 17.2 Å². The fourth-order valence-electron chi connectivity index (χ4n) is 2.51. The fraction of sp³-hybridized carbons (Fsp3) is 0.333. The molecule has 0 spiro atoms. The maximum Gasteiger partial charge on any atom is 0.127 e. The minimum atomic E-state index is -0.271. The largest absolute Gasteiger partial charge is 0.492 e. The number of piperidine rings is 1. The first-order chi connectivity index (χ1) is 10.8. The van der Waals surface area contributed by atoms with Gasteiger partial charge in [0, 0.05) is 6.04 Å². The van der Waals surface area contributed by atoms with Crippen molar-refractivity contribution < 1.29 is 13.9 Å². The summed E-state index contributed by atoms with van der Waals surface area (Å²) < 4.78 is 24.3. The lowest BCUT2D eigenvalue weighted by Crippen LogP contribution is -2.38. The number of nitrogens with one attached hydrogen (secondary N) is 1. The molecule has 1 atom stereocenters. The lowest BCUT2D eigenvalue weighted by Gasteiger charge is -2.23. The predicted molar refractivity (Wildman–Crippen MR) is 91.3 cm³/mol. The maximum absolute atomic E-state index is 12.8. The van der Waals surface area contributed by atoms with Gasteiger partial charge in [-0.3, -0.25) is 0 Å². The van der Waals surface area contributed by atoms with Crippen LogP contribution in [0.2, 0.25) is 0 Å². The van der Waals surface area contributed by atoms with Gasteiger partial charge in [0.2, 0.25) is 0 Å². The predicted octanol–water partition coefficient (Wildman–Crippen LogP) is 4.56. The normalized spacial score (nSPS) is 17.2. The van der Waals surface area contributed by atoms with Crippen molar-refractivity contribution in [3.05, 3.63) is 54.3 Å². The van der Waals surface area contributed by atoms with E-state index >= 15 is 0 Å². The van der Waals surface area contributed by atoms with Gasteiger partial charge >= 0.3 is 0 Å². The number of halogens is 2. The Labute approximate surface area is 142 Å². The molecule has 1 fully saturated rings. The molecule has 1 heterocycles. The van der Waals surface area contributed by atoms with Gasteiger partial charge in [-0.15, -0.1) is 12.4 Å². The van der Waals surface area contributed by atoms with Gasteiger partial charge in [0.1, 0.15) is 29.7 Å². The zero-order valence-corrected chi connectivity index (χ0v) is 13.7. The number of hydrogen-bond donors (Lipinski definition) is 1. The van der Waals surface area contributed by atoms with E-state index in [1.807, 2.05) is 24.3 Å². The van der Waals surface area contributed by atoms with Gasteiger partial charge in [-0.05, 0) is 67.9 Å². The Balaban J connectivity index is 0.00000192. The number of hydrogen-bond acceptors (Lipinski definition) is 3. The van der Waals surface area contributed by atoms with E-state index in [1.54, 1.807) is 12.1 Å². The van der Waals surface area contributed by atoms with E-state index in [1.165, 1.54) is 31.4 Å². The first kappa shape index (κ1) is 17.6. The molecule has 0 aliphatic carbocycles. The standard InChI is InChI=1S/C18H20FNO2.ClH/c19-14-4-6-17(7-5-14)22-18-10-8-16(9-11-18)21-13-15-3-1-2-12-20-15;/h4-11,15,20H,1-3,12-13H2;1H. The van der Waals surface area contributed by atoms with Crippen molar-refractivity contribution in [1.29, 1.82) is 0 Å². The third kappa shape index (κ3) is 5.41. The lowest BCUT2D eigenvalue weighted by molar-refractivity contribution is 0.239. The Hall–Kier alpha value is -1.78. The Morgan fingerprint density at radius 3 is 2.13 bits per heavy atom. The van der Waals surface area contributed by atoms with Gasteiger partial charge in [-0.1, -0.05) is 6.42 Å². The van der Waals surface area contributed by atoms with Crippen LogP contribution in [0.4, 0.5) is 4.39 Å². The molecule has 1 N–H and O–H groups in total. The van der Waals surface area contributed by atoms with Crippen molar-refractivity contribution in [2.45, 2.75) is 25.3 Å². The van der Waals surface area contributed by atoms with E-state index in [2.05, 4.69) is 5.32 Å². The van der Waals surface area contributed by atoms with E-state index < -0.39 is 0 Å². The fourth-order valence-corrected chi connectivity index (χ4v) is 2.51. The molecule has 0 radical (unpaired) electrons. The van der Waals surface area contributed by atoms with E-state index in [4.69, 9.17) is 9.47 Å². The molecule has 0 aromatic heterocycles. The summed E-state index contributed by atoms with van der Waals surface area (Å²) in [6.07, 6.45) is 3.70. The highest BCUT2D eigenvalue weighted by Crippen LogP contribution is 2.24. The highest BCUT2D eigenvalue weighted by Gasteiger charge is 2.12. The maximum atomic E-state index is 12.8. The van der Waals surface area contributed by atoms with Crippen LogP contribution in [0.3, 0.4) is 0 Å². The van der Waals surface area contributed by atoms with Crippen molar-refractivity contribution in [2.24, 2.45) is 0 Å². The van der Waals surface area contributed by atoms with Gasteiger partial charge in [0.15, 0.2) is 0 Å². The zero-order valence-electron chi connectivity index (χ0n) is 12.8. The van der Waals surface area contributed by atoms with Gasteiger partial charge in [0.05, 0.1) is 0 Å². The van der Waals surface area contributed by atoms with Crippen LogP contribution in [0, 0.1) is 5.82 Å². The van der Waals surface area contributed by atoms with E-state index in [-0.39, 0.29) is 18.2 Å². The average molecular weight is 338 g/mol. The minimum Gasteiger partial charge on any atom is -0.492 e. The van der Waals surface area contributed by atoms with Crippen LogP contribution in [-0.4, -0.2) is 19.2 Å². The van der Waals surface area contributed by atoms with Gasteiger partial charge in [-0.2, -0.15) is 0 Å². The van der Waals surface area contributed by atoms with Gasteiger partial charge < -0.3 is 14.8 Å². The van der Waals surface area contributed by atoms with Crippen LogP contribution in [0.15, 0.2) is 48.5 Å². The minimum absolute atomic E-state index is 0. The van der Waals surface area contributed by atoms with Crippen molar-refractivity contribution in [1.82, 2.24) is 5.32 Å². The molecule has 5 heteroatoms. The van der Waals surface area contributed by atoms with Crippen LogP contribution < -0.4 is 14.8 Å². The first-order valence-corrected chi connectivity index (χ1v) is 7.69. The topological polar surface area (TPSA) is 30.5 Å². The summed E-state index contributed by atoms with van der Waals surface area (Å²) in [5.74, 6) is 1.88. The molecule has 1 unspecified atom stereocenters. The van der Waals surface area contributed by atoms with Crippen molar-refractivity contribution in [2.75, 3.05) is 13.2 Å².